The fraction of sp³-hybridized carbons (Fsp3) is 0.565. The van der Waals surface area contributed by atoms with E-state index in [0.29, 0.717) is 23.5 Å². The Labute approximate surface area is 152 Å². The Morgan fingerprint density at radius 2 is 1.92 bits per heavy atom. The zero-order valence-electron chi connectivity index (χ0n) is 15.6. The van der Waals surface area contributed by atoms with Gasteiger partial charge in [0.15, 0.2) is 11.6 Å². The first-order chi connectivity index (χ1) is 12.2. The molecule has 0 fully saturated rings. The van der Waals surface area contributed by atoms with E-state index in [0.717, 1.165) is 50.5 Å². The van der Waals surface area contributed by atoms with Crippen LogP contribution in [0.2, 0.25) is 0 Å². The smallest absolute Gasteiger partial charge is 0.166 e. The maximum absolute atomic E-state index is 14.5. The molecule has 0 aliphatic heterocycles. The summed E-state index contributed by atoms with van der Waals surface area (Å²) >= 11 is 0. The summed E-state index contributed by atoms with van der Waals surface area (Å²) in [6.07, 6.45) is 15.3. The SMILES string of the molecule is C=CCCC1CC=C(c2ccc(CCCCCCC)c(F)c2F)CC1. The van der Waals surface area contributed by atoms with E-state index >= 15 is 0 Å². The first kappa shape index (κ1) is 19.9. The zero-order chi connectivity index (χ0) is 18.1. The lowest BCUT2D eigenvalue weighted by Crippen LogP contribution is -2.07. The van der Waals surface area contributed by atoms with E-state index in [1.54, 1.807) is 12.1 Å². The lowest BCUT2D eigenvalue weighted by Gasteiger charge is -2.22. The normalized spacial score (nSPS) is 17.4. The van der Waals surface area contributed by atoms with Gasteiger partial charge in [0, 0.05) is 5.56 Å². The minimum Gasteiger partial charge on any atom is -0.203 e. The van der Waals surface area contributed by atoms with Gasteiger partial charge in [-0.15, -0.1) is 6.58 Å². The van der Waals surface area contributed by atoms with E-state index in [2.05, 4.69) is 19.6 Å². The number of benzene rings is 1. The largest absolute Gasteiger partial charge is 0.203 e. The molecule has 25 heavy (non-hydrogen) atoms. The van der Waals surface area contributed by atoms with Crippen LogP contribution in [-0.4, -0.2) is 0 Å². The van der Waals surface area contributed by atoms with Gasteiger partial charge in [0.25, 0.3) is 0 Å². The van der Waals surface area contributed by atoms with E-state index in [1.807, 2.05) is 6.08 Å². The number of unbranched alkanes of at least 4 members (excludes halogenated alkanes) is 4. The molecule has 0 saturated heterocycles. The first-order valence-corrected chi connectivity index (χ1v) is 9.94. The molecule has 0 N–H and O–H groups in total. The Morgan fingerprint density at radius 1 is 1.12 bits per heavy atom. The van der Waals surface area contributed by atoms with Crippen LogP contribution in [0.4, 0.5) is 8.78 Å². The summed E-state index contributed by atoms with van der Waals surface area (Å²) in [5.74, 6) is -0.637. The van der Waals surface area contributed by atoms with Crippen molar-refractivity contribution in [2.75, 3.05) is 0 Å². The average molecular weight is 347 g/mol. The third-order valence-electron chi connectivity index (χ3n) is 5.36. The summed E-state index contributed by atoms with van der Waals surface area (Å²) in [6.45, 7) is 5.94. The highest BCUT2D eigenvalue weighted by Gasteiger charge is 2.20. The van der Waals surface area contributed by atoms with Gasteiger partial charge in [0.1, 0.15) is 0 Å². The summed E-state index contributed by atoms with van der Waals surface area (Å²) in [7, 11) is 0. The maximum Gasteiger partial charge on any atom is 0.166 e. The fourth-order valence-electron chi connectivity index (χ4n) is 3.70. The van der Waals surface area contributed by atoms with Crippen LogP contribution in [0.1, 0.15) is 82.3 Å². The molecule has 1 aromatic carbocycles. The van der Waals surface area contributed by atoms with Crippen LogP contribution in [0.25, 0.3) is 5.57 Å². The van der Waals surface area contributed by atoms with Crippen molar-refractivity contribution in [2.24, 2.45) is 5.92 Å². The molecule has 0 spiro atoms. The van der Waals surface area contributed by atoms with Crippen LogP contribution >= 0.6 is 0 Å². The van der Waals surface area contributed by atoms with Gasteiger partial charge in [-0.3, -0.25) is 0 Å². The molecule has 0 nitrogen and oxygen atoms in total. The zero-order valence-corrected chi connectivity index (χ0v) is 15.6. The van der Waals surface area contributed by atoms with Crippen molar-refractivity contribution in [2.45, 2.75) is 77.6 Å². The number of halogens is 2. The molecule has 138 valence electrons. The quantitative estimate of drug-likeness (QED) is 0.302. The molecular formula is C23H32F2. The Bertz CT molecular complexity index is 586. The summed E-state index contributed by atoms with van der Waals surface area (Å²) in [6, 6.07) is 3.58. The molecule has 0 heterocycles. The minimum absolute atomic E-state index is 0.467. The molecule has 0 amide bonds. The molecule has 0 saturated carbocycles. The predicted molar refractivity (Wildman–Crippen MR) is 104 cm³/mol. The van der Waals surface area contributed by atoms with Crippen molar-refractivity contribution in [1.82, 2.24) is 0 Å². The topological polar surface area (TPSA) is 0 Å². The molecule has 1 aliphatic carbocycles. The van der Waals surface area contributed by atoms with Gasteiger partial charge in [-0.2, -0.15) is 0 Å². The number of rotatable bonds is 10. The Morgan fingerprint density at radius 3 is 2.60 bits per heavy atom. The van der Waals surface area contributed by atoms with Gasteiger partial charge in [-0.25, -0.2) is 8.78 Å². The van der Waals surface area contributed by atoms with Crippen LogP contribution in [0.5, 0.6) is 0 Å². The van der Waals surface area contributed by atoms with Gasteiger partial charge >= 0.3 is 0 Å². The average Bonchev–Trinajstić information content (AvgIpc) is 2.64. The van der Waals surface area contributed by atoms with E-state index in [1.165, 1.54) is 19.3 Å². The molecule has 2 heteroatoms. The molecule has 1 aromatic rings. The molecular weight excluding hydrogens is 314 g/mol. The predicted octanol–water partition coefficient (Wildman–Crippen LogP) is 7.63. The number of aryl methyl sites for hydroxylation is 1. The highest BCUT2D eigenvalue weighted by atomic mass is 19.2. The Kier molecular flexibility index (Phi) is 8.37. The van der Waals surface area contributed by atoms with E-state index in [4.69, 9.17) is 0 Å². The van der Waals surface area contributed by atoms with Crippen molar-refractivity contribution in [3.05, 3.63) is 53.6 Å². The molecule has 2 rings (SSSR count). The van der Waals surface area contributed by atoms with Gasteiger partial charge in [0.2, 0.25) is 0 Å². The monoisotopic (exact) mass is 346 g/mol. The Balaban J connectivity index is 1.97. The van der Waals surface area contributed by atoms with Crippen molar-refractivity contribution in [3.8, 4) is 0 Å². The molecule has 0 radical (unpaired) electrons. The van der Waals surface area contributed by atoms with E-state index in [9.17, 15) is 8.78 Å². The minimum atomic E-state index is -0.651. The summed E-state index contributed by atoms with van der Waals surface area (Å²) < 4.78 is 29.0. The van der Waals surface area contributed by atoms with Gasteiger partial charge < -0.3 is 0 Å². The maximum atomic E-state index is 14.5. The molecule has 0 bridgehead atoms. The lowest BCUT2D eigenvalue weighted by atomic mass is 9.84. The molecule has 1 unspecified atom stereocenters. The Hall–Kier alpha value is -1.44. The summed E-state index contributed by atoms with van der Waals surface area (Å²) in [5.41, 5.74) is 1.97. The second-order valence-corrected chi connectivity index (χ2v) is 7.30. The van der Waals surface area contributed by atoms with Crippen LogP contribution in [0.15, 0.2) is 30.9 Å². The van der Waals surface area contributed by atoms with Crippen LogP contribution in [-0.2, 0) is 6.42 Å². The van der Waals surface area contributed by atoms with Gasteiger partial charge in [-0.1, -0.05) is 56.9 Å². The number of hydrogen-bond acceptors (Lipinski definition) is 0. The van der Waals surface area contributed by atoms with E-state index < -0.39 is 11.6 Å². The highest BCUT2D eigenvalue weighted by molar-refractivity contribution is 5.67. The van der Waals surface area contributed by atoms with E-state index in [-0.39, 0.29) is 0 Å². The number of hydrogen-bond donors (Lipinski definition) is 0. The van der Waals surface area contributed by atoms with Crippen LogP contribution in [0, 0.1) is 17.6 Å². The third-order valence-corrected chi connectivity index (χ3v) is 5.36. The first-order valence-electron chi connectivity index (χ1n) is 9.94. The highest BCUT2D eigenvalue weighted by Crippen LogP contribution is 2.34. The molecule has 1 atom stereocenters. The van der Waals surface area contributed by atoms with Crippen molar-refractivity contribution < 1.29 is 8.78 Å². The van der Waals surface area contributed by atoms with Crippen molar-refractivity contribution in [3.63, 3.8) is 0 Å². The molecule has 0 aromatic heterocycles. The van der Waals surface area contributed by atoms with Gasteiger partial charge in [0.05, 0.1) is 0 Å². The number of allylic oxidation sites excluding steroid dienone is 3. The summed E-state index contributed by atoms with van der Waals surface area (Å²) in [4.78, 5) is 0. The fourth-order valence-corrected chi connectivity index (χ4v) is 3.70. The molecule has 1 aliphatic rings. The van der Waals surface area contributed by atoms with Crippen LogP contribution < -0.4 is 0 Å². The second-order valence-electron chi connectivity index (χ2n) is 7.30. The lowest BCUT2D eigenvalue weighted by molar-refractivity contribution is 0.452. The van der Waals surface area contributed by atoms with Crippen molar-refractivity contribution >= 4 is 5.57 Å². The standard InChI is InChI=1S/C23H32F2/c1-3-5-7-8-9-11-20-16-17-21(23(25)22(20)24)19-14-12-18(13-15-19)10-6-4-2/h4,14,16-18H,2-3,5-13,15H2,1H3. The summed E-state index contributed by atoms with van der Waals surface area (Å²) in [5, 5.41) is 0. The van der Waals surface area contributed by atoms with Crippen LogP contribution in [0.3, 0.4) is 0 Å². The van der Waals surface area contributed by atoms with Crippen molar-refractivity contribution in [1.29, 1.82) is 0 Å². The van der Waals surface area contributed by atoms with Gasteiger partial charge in [-0.05, 0) is 62.0 Å². The third kappa shape index (κ3) is 5.80. The second kappa shape index (κ2) is 10.5.